The zero-order chi connectivity index (χ0) is 8.55. The molecule has 0 amide bonds. The summed E-state index contributed by atoms with van der Waals surface area (Å²) in [6.45, 7) is 0. The number of hydrogen-bond donors (Lipinski definition) is 1. The van der Waals surface area contributed by atoms with Crippen LogP contribution in [0, 0.1) is 17.8 Å². The molecule has 68 valence electrons. The number of rotatable bonds is 1. The van der Waals surface area contributed by atoms with Crippen molar-refractivity contribution in [3.05, 3.63) is 0 Å². The number of carboxylic acid groups (broad SMARTS) is 1. The summed E-state index contributed by atoms with van der Waals surface area (Å²) in [5, 5.41) is 8.87. The zero-order valence-electron chi connectivity index (χ0n) is 7.33. The summed E-state index contributed by atoms with van der Waals surface area (Å²) in [5.74, 6) is 0.570. The lowest BCUT2D eigenvalue weighted by atomic mass is 10.0. The number of aliphatic carboxylic acids is 1. The predicted molar refractivity (Wildman–Crippen MR) is 45.8 cm³/mol. The molecule has 0 spiro atoms. The average molecular weight is 168 g/mol. The van der Waals surface area contributed by atoms with Crippen molar-refractivity contribution in [3.8, 4) is 0 Å². The summed E-state index contributed by atoms with van der Waals surface area (Å²) < 4.78 is 0. The minimum atomic E-state index is -0.549. The van der Waals surface area contributed by atoms with E-state index in [0.29, 0.717) is 11.8 Å². The van der Waals surface area contributed by atoms with Gasteiger partial charge in [-0.25, -0.2) is 0 Å². The van der Waals surface area contributed by atoms with E-state index in [1.54, 1.807) is 0 Å². The first kappa shape index (κ1) is 8.09. The van der Waals surface area contributed by atoms with Gasteiger partial charge in [-0.05, 0) is 24.7 Å². The molecule has 2 saturated carbocycles. The van der Waals surface area contributed by atoms with Crippen LogP contribution in [0.25, 0.3) is 0 Å². The first-order valence-electron chi connectivity index (χ1n) is 5.03. The van der Waals surface area contributed by atoms with E-state index < -0.39 is 5.97 Å². The van der Waals surface area contributed by atoms with Crippen LogP contribution in [0.5, 0.6) is 0 Å². The number of carboxylic acids is 1. The second-order valence-corrected chi connectivity index (χ2v) is 4.18. The lowest BCUT2D eigenvalue weighted by Crippen LogP contribution is -2.00. The van der Waals surface area contributed by atoms with Crippen molar-refractivity contribution >= 4 is 5.97 Å². The van der Waals surface area contributed by atoms with Crippen molar-refractivity contribution in [3.63, 3.8) is 0 Å². The molecule has 12 heavy (non-hydrogen) atoms. The van der Waals surface area contributed by atoms with E-state index in [2.05, 4.69) is 0 Å². The highest BCUT2D eigenvalue weighted by Gasteiger charge is 2.53. The van der Waals surface area contributed by atoms with Gasteiger partial charge in [0, 0.05) is 0 Å². The van der Waals surface area contributed by atoms with Crippen molar-refractivity contribution in [1.29, 1.82) is 0 Å². The molecule has 2 atom stereocenters. The molecule has 0 heterocycles. The van der Waals surface area contributed by atoms with E-state index in [4.69, 9.17) is 5.11 Å². The number of fused-ring (bicyclic) bond motifs is 1. The Hall–Kier alpha value is -0.530. The molecule has 0 saturated heterocycles. The first-order chi connectivity index (χ1) is 5.80. The zero-order valence-corrected chi connectivity index (χ0v) is 7.33. The van der Waals surface area contributed by atoms with E-state index in [1.165, 1.54) is 38.5 Å². The fourth-order valence-electron chi connectivity index (χ4n) is 2.71. The first-order valence-corrected chi connectivity index (χ1v) is 5.03. The van der Waals surface area contributed by atoms with Crippen LogP contribution in [-0.4, -0.2) is 11.1 Å². The monoisotopic (exact) mass is 168 g/mol. The molecule has 0 aromatic rings. The van der Waals surface area contributed by atoms with Gasteiger partial charge in [0.1, 0.15) is 0 Å². The minimum Gasteiger partial charge on any atom is -0.481 e. The summed E-state index contributed by atoms with van der Waals surface area (Å²) >= 11 is 0. The molecule has 1 N–H and O–H groups in total. The summed E-state index contributed by atoms with van der Waals surface area (Å²) in [4.78, 5) is 10.8. The van der Waals surface area contributed by atoms with Gasteiger partial charge in [0.15, 0.2) is 0 Å². The third-order valence-electron chi connectivity index (χ3n) is 3.44. The quantitative estimate of drug-likeness (QED) is 0.652. The van der Waals surface area contributed by atoms with E-state index in [-0.39, 0.29) is 5.92 Å². The Bertz CT molecular complexity index is 174. The number of carbonyl (C=O) groups is 1. The molecule has 0 aromatic carbocycles. The van der Waals surface area contributed by atoms with Gasteiger partial charge in [0.25, 0.3) is 0 Å². The van der Waals surface area contributed by atoms with Crippen molar-refractivity contribution < 1.29 is 9.90 Å². The maximum absolute atomic E-state index is 10.8. The van der Waals surface area contributed by atoms with Crippen molar-refractivity contribution in [1.82, 2.24) is 0 Å². The predicted octanol–water partition coefficient (Wildman–Crippen LogP) is 2.29. The Balaban J connectivity index is 1.93. The van der Waals surface area contributed by atoms with Crippen molar-refractivity contribution in [2.24, 2.45) is 17.8 Å². The van der Waals surface area contributed by atoms with Gasteiger partial charge < -0.3 is 5.11 Å². The van der Waals surface area contributed by atoms with Crippen LogP contribution in [-0.2, 0) is 4.79 Å². The van der Waals surface area contributed by atoms with Crippen molar-refractivity contribution in [2.45, 2.75) is 38.5 Å². The van der Waals surface area contributed by atoms with Gasteiger partial charge >= 0.3 is 5.97 Å². The average Bonchev–Trinajstić information content (AvgIpc) is 2.60. The molecule has 0 unspecified atom stereocenters. The third kappa shape index (κ3) is 1.35. The standard InChI is InChI=1S/C10H16O2/c11-10(12)9-7-5-3-1-2-4-6-8(7)9/h7-9H,1-6H2,(H,11,12)/t7-,8-/m1/s1. The van der Waals surface area contributed by atoms with Gasteiger partial charge in [-0.1, -0.05) is 25.7 Å². The summed E-state index contributed by atoms with van der Waals surface area (Å²) in [5.41, 5.74) is 0. The van der Waals surface area contributed by atoms with Crippen LogP contribution in [0.3, 0.4) is 0 Å². The molecular formula is C10H16O2. The van der Waals surface area contributed by atoms with Crippen LogP contribution >= 0.6 is 0 Å². The van der Waals surface area contributed by atoms with E-state index in [9.17, 15) is 4.79 Å². The van der Waals surface area contributed by atoms with Crippen molar-refractivity contribution in [2.75, 3.05) is 0 Å². The second-order valence-electron chi connectivity index (χ2n) is 4.18. The molecule has 2 nitrogen and oxygen atoms in total. The maximum Gasteiger partial charge on any atom is 0.307 e. The normalized spacial score (nSPS) is 40.8. The minimum absolute atomic E-state index is 0.0306. The van der Waals surface area contributed by atoms with Crippen LogP contribution < -0.4 is 0 Å². The fourth-order valence-corrected chi connectivity index (χ4v) is 2.71. The summed E-state index contributed by atoms with van der Waals surface area (Å²) in [6, 6.07) is 0. The lowest BCUT2D eigenvalue weighted by Gasteiger charge is -2.04. The Morgan fingerprint density at radius 1 is 1.00 bits per heavy atom. The topological polar surface area (TPSA) is 37.3 Å². The molecule has 2 heteroatoms. The molecule has 2 rings (SSSR count). The highest BCUT2D eigenvalue weighted by atomic mass is 16.4. The Kier molecular flexibility index (Phi) is 2.07. The lowest BCUT2D eigenvalue weighted by molar-refractivity contribution is -0.139. The molecule has 0 radical (unpaired) electrons. The highest BCUT2D eigenvalue weighted by molar-refractivity contribution is 5.74. The second kappa shape index (κ2) is 3.08. The summed E-state index contributed by atoms with van der Waals surface area (Å²) in [6.07, 6.45) is 7.48. The van der Waals surface area contributed by atoms with Gasteiger partial charge in [0.2, 0.25) is 0 Å². The van der Waals surface area contributed by atoms with Gasteiger partial charge in [0.05, 0.1) is 5.92 Å². The van der Waals surface area contributed by atoms with Crippen LogP contribution in [0.15, 0.2) is 0 Å². The van der Waals surface area contributed by atoms with Crippen LogP contribution in [0.2, 0.25) is 0 Å². The molecule has 2 aliphatic carbocycles. The van der Waals surface area contributed by atoms with Gasteiger partial charge in [-0.3, -0.25) is 4.79 Å². The van der Waals surface area contributed by atoms with Gasteiger partial charge in [-0.15, -0.1) is 0 Å². The van der Waals surface area contributed by atoms with Crippen LogP contribution in [0.1, 0.15) is 38.5 Å². The molecule has 2 aliphatic rings. The SMILES string of the molecule is O=C(O)C1[C@@H]2CCCCCC[C@@H]12. The smallest absolute Gasteiger partial charge is 0.307 e. The van der Waals surface area contributed by atoms with Gasteiger partial charge in [-0.2, -0.15) is 0 Å². The molecule has 0 aromatic heterocycles. The molecular weight excluding hydrogens is 152 g/mol. The van der Waals surface area contributed by atoms with E-state index in [1.807, 2.05) is 0 Å². The highest BCUT2D eigenvalue weighted by Crippen LogP contribution is 2.53. The van der Waals surface area contributed by atoms with E-state index in [0.717, 1.165) is 0 Å². The fraction of sp³-hybridized carbons (Fsp3) is 0.900. The molecule has 0 bridgehead atoms. The van der Waals surface area contributed by atoms with E-state index >= 15 is 0 Å². The Morgan fingerprint density at radius 2 is 1.50 bits per heavy atom. The Morgan fingerprint density at radius 3 is 1.92 bits per heavy atom. The Labute approximate surface area is 73.0 Å². The molecule has 0 aliphatic heterocycles. The maximum atomic E-state index is 10.8. The third-order valence-corrected chi connectivity index (χ3v) is 3.44. The number of hydrogen-bond acceptors (Lipinski definition) is 1. The molecule has 2 fully saturated rings. The van der Waals surface area contributed by atoms with Crippen LogP contribution in [0.4, 0.5) is 0 Å². The summed E-state index contributed by atoms with van der Waals surface area (Å²) in [7, 11) is 0. The largest absolute Gasteiger partial charge is 0.481 e.